The van der Waals surface area contributed by atoms with Crippen LogP contribution in [0.3, 0.4) is 0 Å². The van der Waals surface area contributed by atoms with E-state index >= 15 is 0 Å². The van der Waals surface area contributed by atoms with Gasteiger partial charge >= 0.3 is 5.97 Å². The van der Waals surface area contributed by atoms with Crippen LogP contribution < -0.4 is 4.90 Å². The van der Waals surface area contributed by atoms with Crippen LogP contribution in [0.5, 0.6) is 0 Å². The molecule has 0 spiro atoms. The highest BCUT2D eigenvalue weighted by Crippen LogP contribution is 2.30. The second kappa shape index (κ2) is 7.88. The van der Waals surface area contributed by atoms with Crippen LogP contribution in [0.15, 0.2) is 27.5 Å². The zero-order valence-corrected chi connectivity index (χ0v) is 17.2. The number of ether oxygens (including phenoxy) is 1. The van der Waals surface area contributed by atoms with Gasteiger partial charge in [-0.3, -0.25) is 0 Å². The number of nitrogens with zero attached hydrogens (tertiary/aromatic N) is 4. The van der Waals surface area contributed by atoms with Gasteiger partial charge in [0.05, 0.1) is 16.1 Å². The highest BCUT2D eigenvalue weighted by molar-refractivity contribution is 7.89. The average Bonchev–Trinajstić information content (AvgIpc) is 3.32. The number of aromatic nitrogens is 2. The molecule has 3 rings (SSSR count). The Morgan fingerprint density at radius 2 is 1.93 bits per heavy atom. The van der Waals surface area contributed by atoms with Crippen molar-refractivity contribution in [1.29, 1.82) is 0 Å². The van der Waals surface area contributed by atoms with Crippen molar-refractivity contribution in [2.45, 2.75) is 37.7 Å². The smallest absolute Gasteiger partial charge is 0.341 e. The summed E-state index contributed by atoms with van der Waals surface area (Å²) in [4.78, 5) is 15.0. The molecule has 0 bridgehead atoms. The molecule has 1 aromatic heterocycles. The van der Waals surface area contributed by atoms with Crippen molar-refractivity contribution >= 4 is 21.7 Å². The Kier molecular flexibility index (Phi) is 5.71. The van der Waals surface area contributed by atoms with Gasteiger partial charge in [-0.25, -0.2) is 17.5 Å². The standard InChI is InChI=1S/C18H24N4O5S/c1-12(17-20-19-13(2)27-17)26-18(23)15-11-14(28(24,25)21(3)4)7-8-16(15)22-9-5-6-10-22/h7-8,11-12H,5-6,9-10H2,1-4H3. The van der Waals surface area contributed by atoms with Crippen LogP contribution in [-0.2, 0) is 14.8 Å². The normalized spacial score (nSPS) is 15.8. The number of rotatable bonds is 6. The summed E-state index contributed by atoms with van der Waals surface area (Å²) in [6, 6.07) is 4.56. The monoisotopic (exact) mass is 408 g/mol. The summed E-state index contributed by atoms with van der Waals surface area (Å²) < 4.78 is 36.9. The molecule has 1 saturated heterocycles. The van der Waals surface area contributed by atoms with Gasteiger partial charge in [0, 0.05) is 34.1 Å². The van der Waals surface area contributed by atoms with E-state index in [9.17, 15) is 13.2 Å². The first kappa shape index (κ1) is 20.3. The molecule has 0 amide bonds. The van der Waals surface area contributed by atoms with Gasteiger partial charge in [0.2, 0.25) is 15.9 Å². The summed E-state index contributed by atoms with van der Waals surface area (Å²) >= 11 is 0. The minimum absolute atomic E-state index is 0.0358. The Bertz CT molecular complexity index is 964. The summed E-state index contributed by atoms with van der Waals surface area (Å²) in [5, 5.41) is 7.60. The maximum Gasteiger partial charge on any atom is 0.341 e. The number of anilines is 1. The highest BCUT2D eigenvalue weighted by atomic mass is 32.2. The van der Waals surface area contributed by atoms with Crippen molar-refractivity contribution in [3.05, 3.63) is 35.5 Å². The Hall–Kier alpha value is -2.46. The molecule has 1 aromatic carbocycles. The van der Waals surface area contributed by atoms with Crippen molar-refractivity contribution in [1.82, 2.24) is 14.5 Å². The zero-order valence-electron chi connectivity index (χ0n) is 16.4. The molecule has 1 fully saturated rings. The van der Waals surface area contributed by atoms with Gasteiger partial charge in [-0.2, -0.15) is 0 Å². The topological polar surface area (TPSA) is 106 Å². The molecule has 28 heavy (non-hydrogen) atoms. The van der Waals surface area contributed by atoms with E-state index in [0.29, 0.717) is 11.6 Å². The van der Waals surface area contributed by atoms with E-state index in [2.05, 4.69) is 15.1 Å². The molecular formula is C18H24N4O5S. The zero-order chi connectivity index (χ0) is 20.5. The van der Waals surface area contributed by atoms with Crippen molar-refractivity contribution in [2.75, 3.05) is 32.1 Å². The van der Waals surface area contributed by atoms with Crippen LogP contribution in [0.1, 0.15) is 48.0 Å². The Labute approximate surface area is 164 Å². The van der Waals surface area contributed by atoms with E-state index in [1.807, 2.05) is 0 Å². The summed E-state index contributed by atoms with van der Waals surface area (Å²) in [7, 11) is -0.792. The van der Waals surface area contributed by atoms with E-state index in [-0.39, 0.29) is 16.3 Å². The minimum Gasteiger partial charge on any atom is -0.449 e. The number of benzene rings is 1. The van der Waals surface area contributed by atoms with Crippen LogP contribution in [0.4, 0.5) is 5.69 Å². The largest absolute Gasteiger partial charge is 0.449 e. The lowest BCUT2D eigenvalue weighted by molar-refractivity contribution is 0.0277. The molecule has 2 heterocycles. The van der Waals surface area contributed by atoms with E-state index in [1.54, 1.807) is 19.9 Å². The second-order valence-corrected chi connectivity index (χ2v) is 9.02. The molecule has 0 radical (unpaired) electrons. The number of aryl methyl sites for hydroxylation is 1. The lowest BCUT2D eigenvalue weighted by Gasteiger charge is -2.22. The maximum atomic E-state index is 12.9. The predicted octanol–water partition coefficient (Wildman–Crippen LogP) is 2.15. The predicted molar refractivity (Wildman–Crippen MR) is 102 cm³/mol. The summed E-state index contributed by atoms with van der Waals surface area (Å²) in [6.45, 7) is 4.88. The van der Waals surface area contributed by atoms with Gasteiger partial charge in [-0.05, 0) is 38.0 Å². The number of carbonyl (C=O) groups is 1. The minimum atomic E-state index is -3.68. The van der Waals surface area contributed by atoms with Crippen LogP contribution >= 0.6 is 0 Å². The third-order valence-electron chi connectivity index (χ3n) is 4.59. The summed E-state index contributed by atoms with van der Waals surface area (Å²) in [6.07, 6.45) is 1.28. The number of hydrogen-bond donors (Lipinski definition) is 0. The van der Waals surface area contributed by atoms with Crippen LogP contribution in [0.2, 0.25) is 0 Å². The highest BCUT2D eigenvalue weighted by Gasteiger charge is 2.27. The molecule has 152 valence electrons. The fourth-order valence-electron chi connectivity index (χ4n) is 3.03. The van der Waals surface area contributed by atoms with Gasteiger partial charge in [-0.1, -0.05) is 0 Å². The van der Waals surface area contributed by atoms with Crippen molar-refractivity contribution in [3.8, 4) is 0 Å². The Balaban J connectivity index is 1.96. The maximum absolute atomic E-state index is 12.9. The fraction of sp³-hybridized carbons (Fsp3) is 0.500. The SMILES string of the molecule is Cc1nnc(C(C)OC(=O)c2cc(S(=O)(=O)N(C)C)ccc2N2CCCC2)o1. The third-order valence-corrected chi connectivity index (χ3v) is 6.40. The van der Waals surface area contributed by atoms with Crippen molar-refractivity contribution in [3.63, 3.8) is 0 Å². The molecular weight excluding hydrogens is 384 g/mol. The van der Waals surface area contributed by atoms with Crippen LogP contribution in [0.25, 0.3) is 0 Å². The van der Waals surface area contributed by atoms with Gasteiger partial charge in [-0.15, -0.1) is 10.2 Å². The molecule has 2 aromatic rings. The van der Waals surface area contributed by atoms with Crippen LogP contribution in [0, 0.1) is 6.92 Å². The first-order valence-electron chi connectivity index (χ1n) is 9.02. The average molecular weight is 408 g/mol. The number of sulfonamides is 1. The Morgan fingerprint density at radius 3 is 2.50 bits per heavy atom. The lowest BCUT2D eigenvalue weighted by atomic mass is 10.1. The number of carbonyl (C=O) groups excluding carboxylic acids is 1. The summed E-state index contributed by atoms with van der Waals surface area (Å²) in [5.74, 6) is -0.0820. The van der Waals surface area contributed by atoms with E-state index < -0.39 is 22.1 Å². The molecule has 0 aliphatic carbocycles. The fourth-order valence-corrected chi connectivity index (χ4v) is 3.96. The van der Waals surface area contributed by atoms with Crippen molar-refractivity contribution in [2.24, 2.45) is 0 Å². The number of hydrogen-bond acceptors (Lipinski definition) is 8. The second-order valence-electron chi connectivity index (χ2n) is 6.87. The lowest BCUT2D eigenvalue weighted by Crippen LogP contribution is -2.25. The van der Waals surface area contributed by atoms with Gasteiger partial charge in [0.25, 0.3) is 5.89 Å². The molecule has 0 saturated carbocycles. The van der Waals surface area contributed by atoms with Crippen molar-refractivity contribution < 1.29 is 22.4 Å². The third kappa shape index (κ3) is 4.02. The van der Waals surface area contributed by atoms with E-state index in [1.165, 1.54) is 26.2 Å². The molecule has 1 aliphatic rings. The van der Waals surface area contributed by atoms with E-state index in [0.717, 1.165) is 30.2 Å². The van der Waals surface area contributed by atoms with Crippen LogP contribution in [-0.4, -0.2) is 56.1 Å². The molecule has 9 nitrogen and oxygen atoms in total. The van der Waals surface area contributed by atoms with Gasteiger partial charge in [0.15, 0.2) is 6.10 Å². The van der Waals surface area contributed by atoms with E-state index in [4.69, 9.17) is 9.15 Å². The number of esters is 1. The van der Waals surface area contributed by atoms with Gasteiger partial charge in [0.1, 0.15) is 0 Å². The molecule has 1 unspecified atom stereocenters. The Morgan fingerprint density at radius 1 is 1.25 bits per heavy atom. The molecule has 1 aliphatic heterocycles. The first-order valence-corrected chi connectivity index (χ1v) is 10.5. The van der Waals surface area contributed by atoms with Gasteiger partial charge < -0.3 is 14.1 Å². The molecule has 1 atom stereocenters. The molecule has 10 heteroatoms. The summed E-state index contributed by atoms with van der Waals surface area (Å²) in [5.41, 5.74) is 0.863. The first-order chi connectivity index (χ1) is 13.2. The quantitative estimate of drug-likeness (QED) is 0.670. The molecule has 0 N–H and O–H groups in total.